The third-order valence-electron chi connectivity index (χ3n) is 3.85. The van der Waals surface area contributed by atoms with E-state index in [1.165, 1.54) is 0 Å². The Hall–Kier alpha value is -1.93. The van der Waals surface area contributed by atoms with Gasteiger partial charge in [-0.1, -0.05) is 48.0 Å². The number of nitriles is 1. The van der Waals surface area contributed by atoms with Gasteiger partial charge in [-0.3, -0.25) is 5.10 Å². The molecular formula is C16H15BrN4. The molecule has 0 amide bonds. The van der Waals surface area contributed by atoms with Gasteiger partial charge >= 0.3 is 0 Å². The molecule has 0 spiro atoms. The van der Waals surface area contributed by atoms with Gasteiger partial charge in [0.1, 0.15) is 0 Å². The van der Waals surface area contributed by atoms with Gasteiger partial charge in [0.2, 0.25) is 0 Å². The van der Waals surface area contributed by atoms with Gasteiger partial charge in [0, 0.05) is 21.7 Å². The zero-order valence-electron chi connectivity index (χ0n) is 11.8. The molecule has 3 rings (SSSR count). The van der Waals surface area contributed by atoms with Gasteiger partial charge in [0.05, 0.1) is 18.2 Å². The fourth-order valence-corrected chi connectivity index (χ4v) is 3.39. The van der Waals surface area contributed by atoms with E-state index in [0.717, 1.165) is 27.1 Å². The number of hydrogen-bond donors (Lipinski definition) is 1. The molecule has 4 nitrogen and oxygen atoms in total. The van der Waals surface area contributed by atoms with E-state index in [4.69, 9.17) is 0 Å². The SMILES string of the molecule is CC(C)C1=Nc2[nH]ncc2C(c2ccccc2Br)C1C#N. The highest BCUT2D eigenvalue weighted by atomic mass is 79.9. The predicted octanol–water partition coefficient (Wildman–Crippen LogP) is 4.19. The second-order valence-electron chi connectivity index (χ2n) is 5.47. The maximum Gasteiger partial charge on any atom is 0.151 e. The molecule has 1 aromatic carbocycles. The Morgan fingerprint density at radius 2 is 2.05 bits per heavy atom. The Morgan fingerprint density at radius 1 is 1.29 bits per heavy atom. The summed E-state index contributed by atoms with van der Waals surface area (Å²) in [5.74, 6) is 0.671. The van der Waals surface area contributed by atoms with Crippen LogP contribution in [0.5, 0.6) is 0 Å². The van der Waals surface area contributed by atoms with Gasteiger partial charge in [0.25, 0.3) is 0 Å². The summed E-state index contributed by atoms with van der Waals surface area (Å²) in [7, 11) is 0. The van der Waals surface area contributed by atoms with Crippen LogP contribution in [0.4, 0.5) is 5.82 Å². The maximum absolute atomic E-state index is 9.72. The number of aliphatic imine (C=N–C) groups is 1. The fraction of sp³-hybridized carbons (Fsp3) is 0.312. The first kappa shape index (κ1) is 14.0. The number of nitrogens with zero attached hydrogens (tertiary/aromatic N) is 3. The lowest BCUT2D eigenvalue weighted by Gasteiger charge is -2.29. The first-order valence-electron chi connectivity index (χ1n) is 6.89. The van der Waals surface area contributed by atoms with Crippen molar-refractivity contribution in [2.24, 2.45) is 16.8 Å². The minimum absolute atomic E-state index is 0.0470. The highest BCUT2D eigenvalue weighted by Crippen LogP contribution is 2.44. The predicted molar refractivity (Wildman–Crippen MR) is 85.6 cm³/mol. The molecule has 0 saturated heterocycles. The van der Waals surface area contributed by atoms with Crippen molar-refractivity contribution < 1.29 is 0 Å². The first-order valence-corrected chi connectivity index (χ1v) is 7.68. The number of benzene rings is 1. The highest BCUT2D eigenvalue weighted by molar-refractivity contribution is 9.10. The molecule has 0 radical (unpaired) electrons. The number of nitrogens with one attached hydrogen (secondary N) is 1. The van der Waals surface area contributed by atoms with Gasteiger partial charge in [-0.25, -0.2) is 4.99 Å². The third-order valence-corrected chi connectivity index (χ3v) is 4.57. The van der Waals surface area contributed by atoms with Crippen LogP contribution in [0.1, 0.15) is 30.9 Å². The van der Waals surface area contributed by atoms with Gasteiger partial charge in [-0.05, 0) is 17.5 Å². The van der Waals surface area contributed by atoms with E-state index in [1.807, 2.05) is 18.2 Å². The summed E-state index contributed by atoms with van der Waals surface area (Å²) in [5.41, 5.74) is 2.99. The van der Waals surface area contributed by atoms with E-state index < -0.39 is 0 Å². The Balaban J connectivity index is 2.22. The number of aromatic amines is 1. The molecule has 2 heterocycles. The molecule has 2 aromatic rings. The van der Waals surface area contributed by atoms with Crippen LogP contribution < -0.4 is 0 Å². The second-order valence-corrected chi connectivity index (χ2v) is 6.33. The summed E-state index contributed by atoms with van der Waals surface area (Å²) < 4.78 is 1.01. The zero-order valence-corrected chi connectivity index (χ0v) is 13.4. The quantitative estimate of drug-likeness (QED) is 0.889. The maximum atomic E-state index is 9.72. The average molecular weight is 343 g/mol. The van der Waals surface area contributed by atoms with Crippen LogP contribution in [0.15, 0.2) is 39.9 Å². The topological polar surface area (TPSA) is 64.8 Å². The van der Waals surface area contributed by atoms with E-state index >= 15 is 0 Å². The number of halogens is 1. The van der Waals surface area contributed by atoms with Gasteiger partial charge in [-0.15, -0.1) is 0 Å². The normalized spacial score (nSPS) is 20.8. The minimum atomic E-state index is -0.270. The van der Waals surface area contributed by atoms with Crippen LogP contribution in [0.2, 0.25) is 0 Å². The molecule has 2 atom stereocenters. The van der Waals surface area contributed by atoms with E-state index in [2.05, 4.69) is 57.1 Å². The fourth-order valence-electron chi connectivity index (χ4n) is 2.86. The number of rotatable bonds is 2. The van der Waals surface area contributed by atoms with Crippen molar-refractivity contribution in [2.75, 3.05) is 0 Å². The summed E-state index contributed by atoms with van der Waals surface area (Å²) in [6, 6.07) is 10.5. The molecule has 2 unspecified atom stereocenters. The van der Waals surface area contributed by atoms with Crippen molar-refractivity contribution in [1.82, 2.24) is 10.2 Å². The lowest BCUT2D eigenvalue weighted by Crippen LogP contribution is -2.28. The van der Waals surface area contributed by atoms with E-state index in [1.54, 1.807) is 6.20 Å². The van der Waals surface area contributed by atoms with Crippen LogP contribution in [0.25, 0.3) is 0 Å². The van der Waals surface area contributed by atoms with Crippen molar-refractivity contribution in [1.29, 1.82) is 5.26 Å². The number of fused-ring (bicyclic) bond motifs is 1. The van der Waals surface area contributed by atoms with Crippen molar-refractivity contribution in [2.45, 2.75) is 19.8 Å². The lowest BCUT2D eigenvalue weighted by molar-refractivity contribution is 0.671. The van der Waals surface area contributed by atoms with Crippen molar-refractivity contribution in [3.05, 3.63) is 46.1 Å². The summed E-state index contributed by atoms with van der Waals surface area (Å²) in [4.78, 5) is 4.62. The van der Waals surface area contributed by atoms with Gasteiger partial charge in [-0.2, -0.15) is 10.4 Å². The van der Waals surface area contributed by atoms with E-state index in [9.17, 15) is 5.26 Å². The molecule has 1 aromatic heterocycles. The highest BCUT2D eigenvalue weighted by Gasteiger charge is 2.37. The molecular weight excluding hydrogens is 328 g/mol. The monoisotopic (exact) mass is 342 g/mol. The Kier molecular flexibility index (Phi) is 3.64. The molecule has 0 bridgehead atoms. The van der Waals surface area contributed by atoms with E-state index in [0.29, 0.717) is 0 Å². The minimum Gasteiger partial charge on any atom is -0.261 e. The number of H-pyrrole nitrogens is 1. The smallest absolute Gasteiger partial charge is 0.151 e. The van der Waals surface area contributed by atoms with Crippen LogP contribution in [-0.2, 0) is 0 Å². The largest absolute Gasteiger partial charge is 0.261 e. The summed E-state index contributed by atoms with van der Waals surface area (Å²) in [6.07, 6.45) is 1.78. The molecule has 1 aliphatic heterocycles. The molecule has 1 N–H and O–H groups in total. The molecule has 1 aliphatic rings. The summed E-state index contributed by atoms with van der Waals surface area (Å²) in [5, 5.41) is 16.8. The Bertz CT molecular complexity index is 739. The van der Waals surface area contributed by atoms with Crippen molar-refractivity contribution in [3.8, 4) is 6.07 Å². The van der Waals surface area contributed by atoms with Crippen molar-refractivity contribution in [3.63, 3.8) is 0 Å². The van der Waals surface area contributed by atoms with Crippen LogP contribution >= 0.6 is 15.9 Å². The zero-order chi connectivity index (χ0) is 15.0. The van der Waals surface area contributed by atoms with Crippen molar-refractivity contribution >= 4 is 27.5 Å². The van der Waals surface area contributed by atoms with Crippen LogP contribution in [-0.4, -0.2) is 15.9 Å². The molecule has 5 heteroatoms. The molecule has 21 heavy (non-hydrogen) atoms. The molecule has 0 aliphatic carbocycles. The molecule has 0 saturated carbocycles. The molecule has 0 fully saturated rings. The Labute approximate surface area is 132 Å². The van der Waals surface area contributed by atoms with Crippen LogP contribution in [0.3, 0.4) is 0 Å². The van der Waals surface area contributed by atoms with Gasteiger partial charge < -0.3 is 0 Å². The average Bonchev–Trinajstić information content (AvgIpc) is 2.94. The summed E-state index contributed by atoms with van der Waals surface area (Å²) in [6.45, 7) is 4.14. The number of hydrogen-bond acceptors (Lipinski definition) is 3. The van der Waals surface area contributed by atoms with Crippen LogP contribution in [0, 0.1) is 23.2 Å². The third kappa shape index (κ3) is 2.30. The Morgan fingerprint density at radius 3 is 2.71 bits per heavy atom. The van der Waals surface area contributed by atoms with E-state index in [-0.39, 0.29) is 17.8 Å². The lowest BCUT2D eigenvalue weighted by atomic mass is 9.75. The standard InChI is InChI=1S/C16H15BrN4/c1-9(2)15-11(7-18)14(10-5-3-4-6-13(10)17)12-8-19-21-16(12)20-15/h3-6,8-9,11,14H,1-2H3,(H,19,21). The summed E-state index contributed by atoms with van der Waals surface area (Å²) >= 11 is 3.61. The second kappa shape index (κ2) is 5.45. The van der Waals surface area contributed by atoms with Gasteiger partial charge in [0.15, 0.2) is 5.82 Å². The molecule has 106 valence electrons. The first-order chi connectivity index (χ1) is 10.1. The number of aromatic nitrogens is 2.